The first-order valence-corrected chi connectivity index (χ1v) is 24.3. The van der Waals surface area contributed by atoms with E-state index in [2.05, 4.69) is 31.9 Å². The maximum atomic E-state index is 14.5. The summed E-state index contributed by atoms with van der Waals surface area (Å²) < 4.78 is 36.1. The van der Waals surface area contributed by atoms with Gasteiger partial charge in [0.25, 0.3) is 0 Å². The molecular weight excluding hydrogens is 941 g/mol. The Morgan fingerprint density at radius 2 is 1.91 bits per heavy atom. The van der Waals surface area contributed by atoms with Crippen molar-refractivity contribution in [2.75, 3.05) is 30.9 Å². The van der Waals surface area contributed by atoms with E-state index in [4.69, 9.17) is 18.7 Å². The number of allylic oxidation sites excluding steroid dienone is 4. The number of carboxylic acid groups (broad SMARTS) is 1. The first-order chi connectivity index (χ1) is 30.2. The van der Waals surface area contributed by atoms with Crippen molar-refractivity contribution in [1.29, 1.82) is 0 Å². The molecule has 1 aromatic heterocycles. The minimum atomic E-state index is -5.08. The van der Waals surface area contributed by atoms with Gasteiger partial charge >= 0.3 is 13.8 Å². The zero-order valence-corrected chi connectivity index (χ0v) is 38.5. The smallest absolute Gasteiger partial charge is 0.470 e. The van der Waals surface area contributed by atoms with Gasteiger partial charge in [-0.3, -0.25) is 33.3 Å². The Kier molecular flexibility index (Phi) is 13.9. The number of phosphoric ester groups is 1. The summed E-state index contributed by atoms with van der Waals surface area (Å²) in [6.45, 7) is 2.54. The summed E-state index contributed by atoms with van der Waals surface area (Å²) in [6, 6.07) is 5.65. The van der Waals surface area contributed by atoms with Crippen molar-refractivity contribution in [3.05, 3.63) is 69.5 Å². The molecule has 64 heavy (non-hydrogen) atoms. The summed E-state index contributed by atoms with van der Waals surface area (Å²) in [6.07, 6.45) is 3.54. The lowest BCUT2D eigenvalue weighted by Crippen LogP contribution is -2.63. The van der Waals surface area contributed by atoms with E-state index in [1.807, 2.05) is 26.0 Å². The standard InChI is InChI=1S/C43H51BrN3O15PS/c1-41-12-11-25(48)15-23(41)7-8-26-28-16-33-43(32(50)20-60-63(56,57)58,42(28,2)17-30(49)37(26)41)62-40(61-33)27-21-64-31(38(27)59-3)14-22-5-4-6-24(13-22)46-39(55)29(9-10-36(53)54)47-35(52)19-45-34(51)18-44/h4-6,11-13,15,21,26,28-30,33,37,40,49H,7-10,14,16-20H2,1-3H3,(H,45,51)(H,46,55)(H,47,52)(H,53,54)(H2,56,57,58)/t26-,28-,29-,30-,33+,37+,40+,41-,42-,43+/m0/s1. The van der Waals surface area contributed by atoms with Crippen molar-refractivity contribution in [3.8, 4) is 5.75 Å². The normalized spacial score (nSPS) is 30.8. The number of fused-ring (bicyclic) bond motifs is 7. The largest absolute Gasteiger partial charge is 0.495 e. The number of Topliss-reactive ketones (excluding diaryl/α,β-unsaturated/α-hetero) is 1. The van der Waals surface area contributed by atoms with E-state index >= 15 is 0 Å². The second-order valence-electron chi connectivity index (χ2n) is 17.4. The van der Waals surface area contributed by atoms with Crippen LogP contribution in [-0.2, 0) is 53.8 Å². The van der Waals surface area contributed by atoms with Crippen molar-refractivity contribution < 1.29 is 72.1 Å². The summed E-state index contributed by atoms with van der Waals surface area (Å²) in [5.41, 5.74) is -0.893. The number of halogens is 1. The van der Waals surface area contributed by atoms with Crippen molar-refractivity contribution in [1.82, 2.24) is 10.6 Å². The summed E-state index contributed by atoms with van der Waals surface area (Å²) in [5.74, 6) is -3.93. The van der Waals surface area contributed by atoms with Gasteiger partial charge in [0.05, 0.1) is 41.6 Å². The lowest BCUT2D eigenvalue weighted by atomic mass is 9.46. The van der Waals surface area contributed by atoms with E-state index in [0.29, 0.717) is 42.7 Å². The number of ketones is 2. The molecule has 4 fully saturated rings. The monoisotopic (exact) mass is 991 g/mol. The molecule has 10 atom stereocenters. The number of amides is 3. The van der Waals surface area contributed by atoms with Gasteiger partial charge in [-0.1, -0.05) is 53.6 Å². The van der Waals surface area contributed by atoms with E-state index in [9.17, 15) is 53.3 Å². The van der Waals surface area contributed by atoms with Gasteiger partial charge in [-0.15, -0.1) is 11.3 Å². The molecule has 3 amide bonds. The van der Waals surface area contributed by atoms with Crippen molar-refractivity contribution in [2.24, 2.45) is 28.6 Å². The van der Waals surface area contributed by atoms with Crippen LogP contribution in [-0.4, -0.2) is 105 Å². The first kappa shape index (κ1) is 47.8. The highest BCUT2D eigenvalue weighted by molar-refractivity contribution is 9.09. The van der Waals surface area contributed by atoms with Gasteiger partial charge in [-0.05, 0) is 73.8 Å². The number of methoxy groups -OCH3 is 1. The van der Waals surface area contributed by atoms with Crippen LogP contribution >= 0.6 is 35.1 Å². The average Bonchev–Trinajstić information content (AvgIpc) is 3.89. The average molecular weight is 993 g/mol. The van der Waals surface area contributed by atoms with Gasteiger partial charge in [-0.25, -0.2) is 4.57 Å². The Hall–Kier alpha value is -4.11. The number of rotatable bonds is 17. The predicted octanol–water partition coefficient (Wildman–Crippen LogP) is 3.87. The molecule has 7 rings (SSSR count). The highest BCUT2D eigenvalue weighted by Gasteiger charge is 2.76. The van der Waals surface area contributed by atoms with Crippen molar-refractivity contribution in [3.63, 3.8) is 0 Å². The van der Waals surface area contributed by atoms with Crippen LogP contribution in [0.15, 0.2) is 53.4 Å². The molecule has 3 saturated carbocycles. The minimum absolute atomic E-state index is 0.0294. The molecule has 0 unspecified atom stereocenters. The third-order valence-corrected chi connectivity index (χ3v) is 15.7. The molecule has 1 aromatic carbocycles. The fourth-order valence-electron chi connectivity index (χ4n) is 11.1. The molecule has 346 valence electrons. The number of benzene rings is 1. The number of thiophene rings is 1. The molecule has 0 spiro atoms. The van der Waals surface area contributed by atoms with Gasteiger partial charge in [0.1, 0.15) is 18.4 Å². The molecule has 18 nitrogen and oxygen atoms in total. The molecule has 1 saturated heterocycles. The minimum Gasteiger partial charge on any atom is -0.495 e. The maximum Gasteiger partial charge on any atom is 0.470 e. The van der Waals surface area contributed by atoms with Crippen LogP contribution in [0, 0.1) is 28.6 Å². The van der Waals surface area contributed by atoms with Crippen LogP contribution in [0.1, 0.15) is 74.7 Å². The number of aliphatic carboxylic acids is 1. The van der Waals surface area contributed by atoms with Gasteiger partial charge in [0.15, 0.2) is 23.5 Å². The number of hydrogen-bond donors (Lipinski definition) is 7. The Morgan fingerprint density at radius 1 is 1.14 bits per heavy atom. The molecule has 21 heteroatoms. The zero-order valence-electron chi connectivity index (χ0n) is 35.2. The number of carboxylic acids is 1. The zero-order chi connectivity index (χ0) is 46.4. The fraction of sp³-hybridized carbons (Fsp3) is 0.535. The van der Waals surface area contributed by atoms with Crippen molar-refractivity contribution >= 4 is 76.0 Å². The van der Waals surface area contributed by atoms with E-state index in [1.54, 1.807) is 35.7 Å². The Bertz CT molecular complexity index is 2330. The van der Waals surface area contributed by atoms with E-state index in [1.165, 1.54) is 18.4 Å². The van der Waals surface area contributed by atoms with Crippen LogP contribution in [0.4, 0.5) is 5.69 Å². The molecule has 2 heterocycles. The topological polar surface area (TPSA) is 273 Å². The molecule has 0 bridgehead atoms. The highest BCUT2D eigenvalue weighted by Crippen LogP contribution is 2.71. The molecule has 4 aliphatic carbocycles. The molecule has 7 N–H and O–H groups in total. The van der Waals surface area contributed by atoms with E-state index < -0.39 is 97.8 Å². The van der Waals surface area contributed by atoms with Crippen LogP contribution in [0.5, 0.6) is 5.75 Å². The fourth-order valence-corrected chi connectivity index (χ4v) is 12.6. The van der Waals surface area contributed by atoms with Crippen LogP contribution in [0.2, 0.25) is 0 Å². The second-order valence-corrected chi connectivity index (χ2v) is 20.2. The summed E-state index contributed by atoms with van der Waals surface area (Å²) in [7, 11) is -3.60. The van der Waals surface area contributed by atoms with Gasteiger partial charge in [0, 0.05) is 40.7 Å². The van der Waals surface area contributed by atoms with Crippen LogP contribution < -0.4 is 20.7 Å². The number of aliphatic hydroxyl groups is 1. The lowest BCUT2D eigenvalue weighted by Gasteiger charge is -2.59. The predicted molar refractivity (Wildman–Crippen MR) is 232 cm³/mol. The Labute approximate surface area is 380 Å². The molecule has 2 aromatic rings. The Balaban J connectivity index is 1.11. The molecule has 0 radical (unpaired) electrons. The third kappa shape index (κ3) is 9.18. The van der Waals surface area contributed by atoms with E-state index in [-0.39, 0.29) is 41.7 Å². The summed E-state index contributed by atoms with van der Waals surface area (Å²) in [5, 5.41) is 30.7. The Morgan fingerprint density at radius 3 is 2.61 bits per heavy atom. The SMILES string of the molecule is COc1c([C@@H]2O[C@@H]3C[C@H]4[C@@H]5CCC6=CC(=O)C=C[C@]6(C)[C@H]5[C@@H](O)C[C@]4(C)[C@]3(C(=O)COP(=O)(O)O)O2)csc1Cc1cccc(NC(=O)[C@H](CCC(=O)O)NC(=O)CNC(=O)CBr)c1. The van der Waals surface area contributed by atoms with Crippen molar-refractivity contribution in [2.45, 2.75) is 88.9 Å². The number of carbonyl (C=O) groups excluding carboxylic acids is 5. The lowest BCUT2D eigenvalue weighted by molar-refractivity contribution is -0.201. The van der Waals surface area contributed by atoms with E-state index in [0.717, 1.165) is 16.0 Å². The quantitative estimate of drug-likeness (QED) is 0.0876. The van der Waals surface area contributed by atoms with Gasteiger partial charge < -0.3 is 50.2 Å². The number of phosphoric acid groups is 1. The molecule has 5 aliphatic rings. The molecule has 1 aliphatic heterocycles. The maximum absolute atomic E-state index is 14.5. The number of alkyl halides is 1. The summed E-state index contributed by atoms with van der Waals surface area (Å²) >= 11 is 4.31. The number of nitrogens with one attached hydrogen (secondary N) is 3. The van der Waals surface area contributed by atoms with Crippen LogP contribution in [0.3, 0.4) is 0 Å². The number of carbonyl (C=O) groups is 6. The van der Waals surface area contributed by atoms with Gasteiger partial charge in [-0.2, -0.15) is 0 Å². The number of hydrogen-bond acceptors (Lipinski definition) is 13. The highest BCUT2D eigenvalue weighted by atomic mass is 79.9. The molecular formula is C43H51BrN3O15PS. The summed E-state index contributed by atoms with van der Waals surface area (Å²) in [4.78, 5) is 95.6. The first-order valence-electron chi connectivity index (χ1n) is 20.8. The number of anilines is 1. The van der Waals surface area contributed by atoms with Gasteiger partial charge in [0.2, 0.25) is 17.7 Å². The second kappa shape index (κ2) is 18.6. The third-order valence-electron chi connectivity index (χ3n) is 13.7. The number of ether oxygens (including phenoxy) is 3. The number of aliphatic hydroxyl groups excluding tert-OH is 1. The van der Waals surface area contributed by atoms with Crippen LogP contribution in [0.25, 0.3) is 0 Å².